The molecule has 2 atom stereocenters. The number of aromatic carboxylic acids is 1. The second-order valence-electron chi connectivity index (χ2n) is 9.15. The van der Waals surface area contributed by atoms with E-state index in [-0.39, 0.29) is 23.3 Å². The van der Waals surface area contributed by atoms with Gasteiger partial charge >= 0.3 is 5.97 Å². The maximum Gasteiger partial charge on any atom is 0.335 e. The summed E-state index contributed by atoms with van der Waals surface area (Å²) in [6.45, 7) is 0.533. The van der Waals surface area contributed by atoms with E-state index in [2.05, 4.69) is 0 Å². The summed E-state index contributed by atoms with van der Waals surface area (Å²) in [4.78, 5) is 25.3. The van der Waals surface area contributed by atoms with Gasteiger partial charge in [-0.05, 0) is 61.1 Å². The molecule has 1 saturated heterocycles. The molecular formula is C27H30FNO4. The molecule has 1 aliphatic heterocycles. The van der Waals surface area contributed by atoms with Crippen molar-refractivity contribution >= 4 is 11.9 Å². The second kappa shape index (κ2) is 9.87. The van der Waals surface area contributed by atoms with Gasteiger partial charge < -0.3 is 15.1 Å². The van der Waals surface area contributed by atoms with E-state index in [1.165, 1.54) is 12.1 Å². The highest BCUT2D eigenvalue weighted by atomic mass is 19.1. The van der Waals surface area contributed by atoms with Crippen molar-refractivity contribution < 1.29 is 24.2 Å². The number of hydrogen-bond acceptors (Lipinski definition) is 3. The lowest BCUT2D eigenvalue weighted by Gasteiger charge is -2.34. The molecule has 1 amide bonds. The van der Waals surface area contributed by atoms with Crippen LogP contribution in [0.25, 0.3) is 0 Å². The molecule has 1 saturated carbocycles. The second-order valence-corrected chi connectivity index (χ2v) is 9.15. The summed E-state index contributed by atoms with van der Waals surface area (Å²) in [5, 5.41) is 20.2. The molecule has 6 heteroatoms. The Morgan fingerprint density at radius 2 is 1.91 bits per heavy atom. The fourth-order valence-electron chi connectivity index (χ4n) is 5.29. The van der Waals surface area contributed by atoms with Gasteiger partial charge in [-0.25, -0.2) is 9.18 Å². The summed E-state index contributed by atoms with van der Waals surface area (Å²) in [7, 11) is 0. The first kappa shape index (κ1) is 23.2. The van der Waals surface area contributed by atoms with Gasteiger partial charge in [0.2, 0.25) is 5.91 Å². The number of likely N-dealkylation sites (tertiary alicyclic amines) is 1. The van der Waals surface area contributed by atoms with Crippen LogP contribution in [0, 0.1) is 5.82 Å². The van der Waals surface area contributed by atoms with Crippen LogP contribution in [0.15, 0.2) is 60.7 Å². The maximum absolute atomic E-state index is 13.9. The Bertz CT molecular complexity index is 1030. The molecule has 1 heterocycles. The molecule has 2 fully saturated rings. The van der Waals surface area contributed by atoms with Crippen molar-refractivity contribution in [1.29, 1.82) is 0 Å². The van der Waals surface area contributed by atoms with E-state index in [1.807, 2.05) is 17.0 Å². The van der Waals surface area contributed by atoms with Crippen molar-refractivity contribution in [3.63, 3.8) is 0 Å². The lowest BCUT2D eigenvalue weighted by atomic mass is 9.74. The summed E-state index contributed by atoms with van der Waals surface area (Å²) < 4.78 is 13.9. The Morgan fingerprint density at radius 3 is 2.58 bits per heavy atom. The third-order valence-electron chi connectivity index (χ3n) is 7.19. The normalized spacial score (nSPS) is 21.1. The maximum atomic E-state index is 13.9. The lowest BCUT2D eigenvalue weighted by Crippen LogP contribution is -2.37. The third-order valence-corrected chi connectivity index (χ3v) is 7.19. The predicted octanol–water partition coefficient (Wildman–Crippen LogP) is 4.49. The number of carbonyl (C=O) groups excluding carboxylic acids is 1. The first-order valence-electron chi connectivity index (χ1n) is 11.6. The Morgan fingerprint density at radius 1 is 1.18 bits per heavy atom. The number of amides is 1. The monoisotopic (exact) mass is 451 g/mol. The van der Waals surface area contributed by atoms with Gasteiger partial charge in [0.1, 0.15) is 5.82 Å². The molecule has 174 valence electrons. The van der Waals surface area contributed by atoms with Gasteiger partial charge in [-0.2, -0.15) is 0 Å². The number of carbonyl (C=O) groups is 2. The van der Waals surface area contributed by atoms with Gasteiger partial charge in [0.25, 0.3) is 0 Å². The van der Waals surface area contributed by atoms with Gasteiger partial charge in [-0.15, -0.1) is 0 Å². The van der Waals surface area contributed by atoms with Crippen molar-refractivity contribution in [2.45, 2.75) is 62.5 Å². The van der Waals surface area contributed by atoms with Crippen LogP contribution in [0.5, 0.6) is 0 Å². The molecule has 1 aliphatic carbocycles. The third kappa shape index (κ3) is 5.01. The number of carboxylic acid groups (broad SMARTS) is 1. The Labute approximate surface area is 193 Å². The standard InChI is InChI=1S/C27H30FNO4/c28-22-5-3-4-21(18-22)27(15-1-2-16-27)24(30)12-10-23-11-13-25(31)29(23)17-14-19-6-8-20(9-7-19)26(32)33/h3-10,12,18,23-24,30H,1-2,11,13-17H2,(H,32,33)/t23-,24-/m0/s1. The average molecular weight is 452 g/mol. The molecule has 0 unspecified atom stereocenters. The van der Waals surface area contributed by atoms with Crippen molar-refractivity contribution in [1.82, 2.24) is 4.90 Å². The van der Waals surface area contributed by atoms with E-state index >= 15 is 0 Å². The molecule has 0 aromatic heterocycles. The van der Waals surface area contributed by atoms with Crippen LogP contribution in [0.1, 0.15) is 60.0 Å². The van der Waals surface area contributed by atoms with E-state index < -0.39 is 17.5 Å². The highest BCUT2D eigenvalue weighted by Crippen LogP contribution is 2.44. The SMILES string of the molecule is O=C(O)c1ccc(CCN2C(=O)CC[C@@H]2C=C[C@H](O)C2(c3cccc(F)c3)CCCC2)cc1. The van der Waals surface area contributed by atoms with Crippen molar-refractivity contribution in [3.8, 4) is 0 Å². The van der Waals surface area contributed by atoms with Crippen LogP contribution >= 0.6 is 0 Å². The molecule has 2 N–H and O–H groups in total. The Balaban J connectivity index is 1.44. The van der Waals surface area contributed by atoms with E-state index in [4.69, 9.17) is 5.11 Å². The van der Waals surface area contributed by atoms with Crippen LogP contribution < -0.4 is 0 Å². The Kier molecular flexibility index (Phi) is 6.94. The molecule has 2 aromatic rings. The zero-order chi connectivity index (χ0) is 23.4. The van der Waals surface area contributed by atoms with E-state index in [0.717, 1.165) is 36.8 Å². The van der Waals surface area contributed by atoms with Gasteiger partial charge in [-0.3, -0.25) is 4.79 Å². The minimum Gasteiger partial charge on any atom is -0.478 e. The number of halogens is 1. The van der Waals surface area contributed by atoms with Crippen molar-refractivity contribution in [2.75, 3.05) is 6.54 Å². The van der Waals surface area contributed by atoms with E-state index in [1.54, 1.807) is 36.4 Å². The van der Waals surface area contributed by atoms with Crippen LogP contribution in [0.3, 0.4) is 0 Å². The predicted molar refractivity (Wildman–Crippen MR) is 124 cm³/mol. The Hall–Kier alpha value is -2.99. The van der Waals surface area contributed by atoms with E-state index in [0.29, 0.717) is 25.8 Å². The quantitative estimate of drug-likeness (QED) is 0.580. The van der Waals surface area contributed by atoms with Gasteiger partial charge in [-0.1, -0.05) is 49.3 Å². The molecular weight excluding hydrogens is 421 g/mol. The highest BCUT2D eigenvalue weighted by Gasteiger charge is 2.41. The zero-order valence-electron chi connectivity index (χ0n) is 18.6. The number of rotatable bonds is 8. The van der Waals surface area contributed by atoms with Crippen molar-refractivity contribution in [2.24, 2.45) is 0 Å². The topological polar surface area (TPSA) is 77.8 Å². The smallest absolute Gasteiger partial charge is 0.335 e. The summed E-state index contributed by atoms with van der Waals surface area (Å²) >= 11 is 0. The number of aliphatic hydroxyl groups excluding tert-OH is 1. The van der Waals surface area contributed by atoms with Crippen molar-refractivity contribution in [3.05, 3.63) is 83.2 Å². The molecule has 33 heavy (non-hydrogen) atoms. The van der Waals surface area contributed by atoms with Crippen LogP contribution in [0.2, 0.25) is 0 Å². The molecule has 4 rings (SSSR count). The highest BCUT2D eigenvalue weighted by molar-refractivity contribution is 5.87. The largest absolute Gasteiger partial charge is 0.478 e. The van der Waals surface area contributed by atoms with Crippen LogP contribution in [-0.2, 0) is 16.6 Å². The summed E-state index contributed by atoms with van der Waals surface area (Å²) in [5.41, 5.74) is 1.56. The molecule has 2 aliphatic rings. The molecule has 0 spiro atoms. The molecule has 5 nitrogen and oxygen atoms in total. The number of hydrogen-bond donors (Lipinski definition) is 2. The fraction of sp³-hybridized carbons (Fsp3) is 0.407. The first-order chi connectivity index (χ1) is 15.9. The molecule has 0 radical (unpaired) electrons. The van der Waals surface area contributed by atoms with Gasteiger partial charge in [0.05, 0.1) is 17.7 Å². The number of benzene rings is 2. The minimum atomic E-state index is -0.960. The molecule has 2 aromatic carbocycles. The zero-order valence-corrected chi connectivity index (χ0v) is 18.6. The van der Waals surface area contributed by atoms with E-state index in [9.17, 15) is 19.1 Å². The van der Waals surface area contributed by atoms with Crippen LogP contribution in [-0.4, -0.2) is 45.7 Å². The number of carboxylic acids is 1. The van der Waals surface area contributed by atoms with Gasteiger partial charge in [0, 0.05) is 18.4 Å². The summed E-state index contributed by atoms with van der Waals surface area (Å²) in [6, 6.07) is 13.2. The lowest BCUT2D eigenvalue weighted by molar-refractivity contribution is -0.128. The van der Waals surface area contributed by atoms with Gasteiger partial charge in [0.15, 0.2) is 0 Å². The molecule has 0 bridgehead atoms. The average Bonchev–Trinajstić information content (AvgIpc) is 3.44. The fourth-order valence-corrected chi connectivity index (χ4v) is 5.29. The van der Waals surface area contributed by atoms with Crippen LogP contribution in [0.4, 0.5) is 4.39 Å². The number of aliphatic hydroxyl groups is 1. The minimum absolute atomic E-state index is 0.0852. The number of nitrogens with zero attached hydrogens (tertiary/aromatic N) is 1. The summed E-state index contributed by atoms with van der Waals surface area (Å²) in [5.74, 6) is -1.17. The summed E-state index contributed by atoms with van der Waals surface area (Å²) in [6.07, 6.45) is 8.39. The first-order valence-corrected chi connectivity index (χ1v) is 11.6.